The monoisotopic (exact) mass is 445 g/mol. The van der Waals surface area contributed by atoms with Gasteiger partial charge < -0.3 is 16.9 Å². The van der Waals surface area contributed by atoms with E-state index >= 15 is 0 Å². The number of nitrogens with zero attached hydrogens (tertiary/aromatic N) is 1. The van der Waals surface area contributed by atoms with E-state index in [2.05, 4.69) is 34.9 Å². The maximum absolute atomic E-state index is 2.49. The maximum atomic E-state index is 2.49. The SMILES string of the molecule is CCCCCCCCCCCCC[N+](C)(C)CC(C)CCCCCCCCCC.[Cl-]. The molecule has 0 spiro atoms. The van der Waals surface area contributed by atoms with Crippen LogP contribution in [-0.2, 0) is 0 Å². The van der Waals surface area contributed by atoms with Gasteiger partial charge in [0.2, 0.25) is 0 Å². The summed E-state index contributed by atoms with van der Waals surface area (Å²) in [6.07, 6.45) is 29.0. The van der Waals surface area contributed by atoms with Crippen molar-refractivity contribution in [1.29, 1.82) is 0 Å². The van der Waals surface area contributed by atoms with Crippen molar-refractivity contribution in [2.75, 3.05) is 27.2 Å². The summed E-state index contributed by atoms with van der Waals surface area (Å²) >= 11 is 0. The highest BCUT2D eigenvalue weighted by Gasteiger charge is 2.18. The topological polar surface area (TPSA) is 0 Å². The number of hydrogen-bond acceptors (Lipinski definition) is 0. The molecule has 184 valence electrons. The van der Waals surface area contributed by atoms with Gasteiger partial charge in [-0.05, 0) is 19.3 Å². The van der Waals surface area contributed by atoms with Gasteiger partial charge in [0, 0.05) is 5.92 Å². The molecule has 0 saturated carbocycles. The fourth-order valence-electron chi connectivity index (χ4n) is 4.86. The molecule has 0 amide bonds. The average Bonchev–Trinajstić information content (AvgIpc) is 2.67. The molecule has 2 heteroatoms. The molecule has 0 aliphatic rings. The largest absolute Gasteiger partial charge is 1.00 e. The minimum atomic E-state index is 0. The first kappa shape index (κ1) is 32.4. The van der Waals surface area contributed by atoms with Crippen LogP contribution in [0, 0.1) is 5.92 Å². The van der Waals surface area contributed by atoms with Crippen LogP contribution in [0.3, 0.4) is 0 Å². The van der Waals surface area contributed by atoms with Gasteiger partial charge in [0.05, 0.1) is 27.2 Å². The van der Waals surface area contributed by atoms with Crippen LogP contribution in [0.4, 0.5) is 0 Å². The highest BCUT2D eigenvalue weighted by Crippen LogP contribution is 2.17. The van der Waals surface area contributed by atoms with E-state index in [1.807, 2.05) is 0 Å². The fourth-order valence-corrected chi connectivity index (χ4v) is 4.86. The molecule has 0 aromatic carbocycles. The van der Waals surface area contributed by atoms with Gasteiger partial charge in [-0.1, -0.05) is 130 Å². The van der Waals surface area contributed by atoms with Gasteiger partial charge in [0.1, 0.15) is 0 Å². The lowest BCUT2D eigenvalue weighted by Crippen LogP contribution is -3.00. The van der Waals surface area contributed by atoms with E-state index in [1.165, 1.54) is 146 Å². The number of quaternary nitrogens is 1. The summed E-state index contributed by atoms with van der Waals surface area (Å²) in [5.41, 5.74) is 0. The standard InChI is InChI=1S/C28H60N.ClH/c1-6-8-10-12-14-16-17-18-20-22-24-26-29(4,5)27-28(3)25-23-21-19-15-13-11-9-7-2;/h28H,6-27H2,1-5H3;1H/q+1;/p-1. The maximum Gasteiger partial charge on any atom is 0.0808 e. The lowest BCUT2D eigenvalue weighted by atomic mass is 10.00. The zero-order chi connectivity index (χ0) is 21.6. The van der Waals surface area contributed by atoms with Crippen LogP contribution in [0.15, 0.2) is 0 Å². The summed E-state index contributed by atoms with van der Waals surface area (Å²) in [5.74, 6) is 0.887. The zero-order valence-electron chi connectivity index (χ0n) is 22.0. The number of unbranched alkanes of at least 4 members (excludes halogenated alkanes) is 17. The molecule has 0 saturated heterocycles. The Morgan fingerprint density at radius 1 is 0.500 bits per heavy atom. The zero-order valence-corrected chi connectivity index (χ0v) is 22.7. The molecule has 0 aliphatic carbocycles. The van der Waals surface area contributed by atoms with Gasteiger partial charge in [0.15, 0.2) is 0 Å². The second kappa shape index (κ2) is 23.9. The van der Waals surface area contributed by atoms with E-state index in [-0.39, 0.29) is 12.4 Å². The first-order chi connectivity index (χ1) is 14.0. The molecular weight excluding hydrogens is 386 g/mol. The molecule has 0 aromatic heterocycles. The van der Waals surface area contributed by atoms with Gasteiger partial charge in [-0.25, -0.2) is 0 Å². The summed E-state index contributed by atoms with van der Waals surface area (Å²) in [6.45, 7) is 9.84. The Labute approximate surface area is 199 Å². The minimum Gasteiger partial charge on any atom is -1.00 e. The van der Waals surface area contributed by atoms with Gasteiger partial charge in [-0.3, -0.25) is 0 Å². The second-order valence-corrected chi connectivity index (χ2v) is 10.7. The van der Waals surface area contributed by atoms with E-state index in [9.17, 15) is 0 Å². The van der Waals surface area contributed by atoms with Crippen molar-refractivity contribution in [3.05, 3.63) is 0 Å². The van der Waals surface area contributed by atoms with Crippen molar-refractivity contribution >= 4 is 0 Å². The molecule has 1 unspecified atom stereocenters. The van der Waals surface area contributed by atoms with E-state index in [0.29, 0.717) is 0 Å². The molecule has 0 aromatic rings. The lowest BCUT2D eigenvalue weighted by Gasteiger charge is -2.32. The van der Waals surface area contributed by atoms with Crippen LogP contribution in [0.2, 0.25) is 0 Å². The Balaban J connectivity index is 0. The van der Waals surface area contributed by atoms with Crippen molar-refractivity contribution in [3.63, 3.8) is 0 Å². The fraction of sp³-hybridized carbons (Fsp3) is 1.00. The Morgan fingerprint density at radius 3 is 1.23 bits per heavy atom. The molecule has 0 heterocycles. The van der Waals surface area contributed by atoms with Crippen LogP contribution in [0.1, 0.15) is 149 Å². The van der Waals surface area contributed by atoms with E-state index < -0.39 is 0 Å². The Morgan fingerprint density at radius 2 is 0.833 bits per heavy atom. The van der Waals surface area contributed by atoms with Crippen molar-refractivity contribution in [2.45, 2.75) is 149 Å². The molecule has 0 rings (SSSR count). The molecule has 1 atom stereocenters. The third kappa shape index (κ3) is 24.5. The summed E-state index contributed by atoms with van der Waals surface area (Å²) in [4.78, 5) is 0. The van der Waals surface area contributed by atoms with Crippen LogP contribution in [0.5, 0.6) is 0 Å². The first-order valence-corrected chi connectivity index (χ1v) is 13.8. The third-order valence-corrected chi connectivity index (χ3v) is 6.72. The van der Waals surface area contributed by atoms with Crippen molar-refractivity contribution < 1.29 is 16.9 Å². The minimum absolute atomic E-state index is 0. The predicted octanol–water partition coefficient (Wildman–Crippen LogP) is 6.54. The van der Waals surface area contributed by atoms with E-state index in [1.54, 1.807) is 0 Å². The predicted molar refractivity (Wildman–Crippen MR) is 135 cm³/mol. The summed E-state index contributed by atoms with van der Waals surface area (Å²) in [6, 6.07) is 0. The lowest BCUT2D eigenvalue weighted by molar-refractivity contribution is -0.893. The molecule has 0 bridgehead atoms. The second-order valence-electron chi connectivity index (χ2n) is 10.7. The van der Waals surface area contributed by atoms with Gasteiger partial charge in [0.25, 0.3) is 0 Å². The van der Waals surface area contributed by atoms with Gasteiger partial charge in [-0.15, -0.1) is 0 Å². The number of rotatable bonds is 23. The summed E-state index contributed by atoms with van der Waals surface area (Å²) in [5, 5.41) is 0. The molecule has 0 radical (unpaired) electrons. The molecule has 0 fully saturated rings. The molecule has 30 heavy (non-hydrogen) atoms. The molecule has 0 aliphatic heterocycles. The third-order valence-electron chi connectivity index (χ3n) is 6.72. The van der Waals surface area contributed by atoms with E-state index in [4.69, 9.17) is 0 Å². The average molecular weight is 446 g/mol. The molecule has 0 N–H and O–H groups in total. The van der Waals surface area contributed by atoms with Crippen LogP contribution < -0.4 is 12.4 Å². The van der Waals surface area contributed by atoms with Crippen molar-refractivity contribution in [3.8, 4) is 0 Å². The first-order valence-electron chi connectivity index (χ1n) is 13.8. The van der Waals surface area contributed by atoms with Crippen molar-refractivity contribution in [2.24, 2.45) is 5.92 Å². The van der Waals surface area contributed by atoms with E-state index in [0.717, 1.165) is 5.92 Å². The smallest absolute Gasteiger partial charge is 0.0808 e. The quantitative estimate of drug-likeness (QED) is 0.123. The van der Waals surface area contributed by atoms with Crippen molar-refractivity contribution in [1.82, 2.24) is 0 Å². The highest BCUT2D eigenvalue weighted by atomic mass is 35.5. The molecular formula is C28H60ClN. The van der Waals surface area contributed by atoms with Crippen LogP contribution >= 0.6 is 0 Å². The van der Waals surface area contributed by atoms with Gasteiger partial charge in [-0.2, -0.15) is 0 Å². The molecule has 1 nitrogen and oxygen atoms in total. The highest BCUT2D eigenvalue weighted by molar-refractivity contribution is 4.55. The van der Waals surface area contributed by atoms with Crippen LogP contribution in [0.25, 0.3) is 0 Å². The Hall–Kier alpha value is 0.250. The Bertz CT molecular complexity index is 316. The Kier molecular flexibility index (Phi) is 25.8. The number of hydrogen-bond donors (Lipinski definition) is 0. The summed E-state index contributed by atoms with van der Waals surface area (Å²) < 4.78 is 1.23. The normalized spacial score (nSPS) is 12.7. The summed E-state index contributed by atoms with van der Waals surface area (Å²) in [7, 11) is 4.92. The van der Waals surface area contributed by atoms with Crippen LogP contribution in [-0.4, -0.2) is 31.7 Å². The van der Waals surface area contributed by atoms with Gasteiger partial charge >= 0.3 is 0 Å². The number of halogens is 1.